The lowest BCUT2D eigenvalue weighted by atomic mass is 10.0. The number of hydrogen-bond donors (Lipinski definition) is 1. The van der Waals surface area contributed by atoms with Crippen LogP contribution in [0, 0.1) is 0 Å². The first kappa shape index (κ1) is 16.9. The van der Waals surface area contributed by atoms with E-state index in [1.165, 1.54) is 12.8 Å². The molecule has 2 unspecified atom stereocenters. The van der Waals surface area contributed by atoms with Crippen molar-refractivity contribution in [3.63, 3.8) is 0 Å². The second-order valence-corrected chi connectivity index (χ2v) is 8.72. The Labute approximate surface area is 118 Å². The maximum atomic E-state index is 11.9. The van der Waals surface area contributed by atoms with Gasteiger partial charge in [-0.2, -0.15) is 0 Å². The molecular formula is C14H29NO3S. The van der Waals surface area contributed by atoms with Gasteiger partial charge in [0.2, 0.25) is 0 Å². The Morgan fingerprint density at radius 3 is 2.47 bits per heavy atom. The van der Waals surface area contributed by atoms with Crippen LogP contribution in [-0.4, -0.2) is 54.7 Å². The molecule has 114 valence electrons. The SMILES string of the molecule is CC(O)CC1CCCCCN1CCS(=O)(=O)C(C)C. The molecule has 0 aliphatic carbocycles. The van der Waals surface area contributed by atoms with E-state index in [0.717, 1.165) is 25.8 Å². The normalized spacial score (nSPS) is 24.4. The molecule has 1 saturated heterocycles. The van der Waals surface area contributed by atoms with Gasteiger partial charge in [-0.15, -0.1) is 0 Å². The third kappa shape index (κ3) is 5.79. The van der Waals surface area contributed by atoms with Crippen molar-refractivity contribution in [2.24, 2.45) is 0 Å². The van der Waals surface area contributed by atoms with Gasteiger partial charge >= 0.3 is 0 Å². The summed E-state index contributed by atoms with van der Waals surface area (Å²) < 4.78 is 23.8. The fraction of sp³-hybridized carbons (Fsp3) is 1.00. The molecule has 1 rings (SSSR count). The third-order valence-corrected chi connectivity index (χ3v) is 6.18. The first-order valence-electron chi connectivity index (χ1n) is 7.46. The van der Waals surface area contributed by atoms with E-state index in [-0.39, 0.29) is 17.1 Å². The van der Waals surface area contributed by atoms with Crippen molar-refractivity contribution < 1.29 is 13.5 Å². The van der Waals surface area contributed by atoms with Crippen LogP contribution in [0.5, 0.6) is 0 Å². The second-order valence-electron chi connectivity index (χ2n) is 6.04. The molecule has 5 heteroatoms. The van der Waals surface area contributed by atoms with E-state index in [4.69, 9.17) is 0 Å². The van der Waals surface area contributed by atoms with Gasteiger partial charge < -0.3 is 5.11 Å². The Balaban J connectivity index is 2.60. The van der Waals surface area contributed by atoms with E-state index in [0.29, 0.717) is 12.6 Å². The second kappa shape index (κ2) is 7.60. The summed E-state index contributed by atoms with van der Waals surface area (Å²) in [5.74, 6) is 0.237. The van der Waals surface area contributed by atoms with Crippen molar-refractivity contribution in [1.29, 1.82) is 0 Å². The van der Waals surface area contributed by atoms with Crippen LogP contribution >= 0.6 is 0 Å². The zero-order valence-corrected chi connectivity index (χ0v) is 13.3. The summed E-state index contributed by atoms with van der Waals surface area (Å²) in [5, 5.41) is 9.29. The van der Waals surface area contributed by atoms with Gasteiger partial charge in [0.1, 0.15) is 0 Å². The Morgan fingerprint density at radius 2 is 1.89 bits per heavy atom. The maximum absolute atomic E-state index is 11.9. The van der Waals surface area contributed by atoms with Crippen LogP contribution < -0.4 is 0 Å². The van der Waals surface area contributed by atoms with Gasteiger partial charge in [0.15, 0.2) is 9.84 Å². The zero-order valence-electron chi connectivity index (χ0n) is 12.5. The number of sulfone groups is 1. The predicted molar refractivity (Wildman–Crippen MR) is 79.0 cm³/mol. The fourth-order valence-electron chi connectivity index (χ4n) is 2.67. The first-order valence-corrected chi connectivity index (χ1v) is 9.18. The first-order chi connectivity index (χ1) is 8.83. The molecule has 1 N–H and O–H groups in total. The largest absolute Gasteiger partial charge is 0.393 e. The summed E-state index contributed by atoms with van der Waals surface area (Å²) in [5.41, 5.74) is 0. The van der Waals surface area contributed by atoms with Crippen LogP contribution in [0.25, 0.3) is 0 Å². The van der Waals surface area contributed by atoms with Crippen molar-refractivity contribution in [1.82, 2.24) is 4.90 Å². The molecule has 0 radical (unpaired) electrons. The molecule has 1 aliphatic rings. The van der Waals surface area contributed by atoms with Gasteiger partial charge in [0, 0.05) is 12.6 Å². The van der Waals surface area contributed by atoms with Gasteiger partial charge in [-0.05, 0) is 46.6 Å². The van der Waals surface area contributed by atoms with Crippen LogP contribution in [0.15, 0.2) is 0 Å². The number of aliphatic hydroxyl groups is 1. The van der Waals surface area contributed by atoms with E-state index in [2.05, 4.69) is 4.90 Å². The predicted octanol–water partition coefficient (Wildman–Crippen LogP) is 1.83. The summed E-state index contributed by atoms with van der Waals surface area (Å²) in [6.07, 6.45) is 5.05. The summed E-state index contributed by atoms with van der Waals surface area (Å²) in [6, 6.07) is 0.338. The smallest absolute Gasteiger partial charge is 0.153 e. The molecule has 2 atom stereocenters. The van der Waals surface area contributed by atoms with E-state index < -0.39 is 9.84 Å². The minimum Gasteiger partial charge on any atom is -0.393 e. The number of rotatable bonds is 6. The fourth-order valence-corrected chi connectivity index (χ4v) is 3.63. The lowest BCUT2D eigenvalue weighted by molar-refractivity contribution is 0.116. The topological polar surface area (TPSA) is 57.6 Å². The summed E-state index contributed by atoms with van der Waals surface area (Å²) in [7, 11) is -2.97. The van der Waals surface area contributed by atoms with Gasteiger partial charge in [-0.1, -0.05) is 12.8 Å². The summed E-state index contributed by atoms with van der Waals surface area (Å²) in [6.45, 7) is 6.87. The Bertz CT molecular complexity index is 352. The van der Waals surface area contributed by atoms with Crippen LogP contribution in [0.2, 0.25) is 0 Å². The van der Waals surface area contributed by atoms with E-state index in [1.54, 1.807) is 13.8 Å². The monoisotopic (exact) mass is 291 g/mol. The van der Waals surface area contributed by atoms with Crippen LogP contribution in [0.1, 0.15) is 52.9 Å². The highest BCUT2D eigenvalue weighted by Gasteiger charge is 2.24. The molecule has 0 saturated carbocycles. The standard InChI is InChI=1S/C14H29NO3S/c1-12(2)19(17,18)10-9-15-8-6-4-5-7-14(15)11-13(3)16/h12-14,16H,4-11H2,1-3H3. The number of likely N-dealkylation sites (tertiary alicyclic amines) is 1. The molecule has 0 aromatic heterocycles. The highest BCUT2D eigenvalue weighted by Crippen LogP contribution is 2.20. The Hall–Kier alpha value is -0.130. The summed E-state index contributed by atoms with van der Waals surface area (Å²) >= 11 is 0. The molecule has 0 amide bonds. The number of aliphatic hydroxyl groups excluding tert-OH is 1. The lowest BCUT2D eigenvalue weighted by Crippen LogP contribution is -2.40. The lowest BCUT2D eigenvalue weighted by Gasteiger charge is -2.31. The van der Waals surface area contributed by atoms with Crippen molar-refractivity contribution in [2.45, 2.75) is 70.3 Å². The highest BCUT2D eigenvalue weighted by molar-refractivity contribution is 7.92. The van der Waals surface area contributed by atoms with E-state index >= 15 is 0 Å². The molecule has 1 fully saturated rings. The van der Waals surface area contributed by atoms with Crippen LogP contribution in [-0.2, 0) is 9.84 Å². The molecule has 1 aliphatic heterocycles. The van der Waals surface area contributed by atoms with Crippen molar-refractivity contribution in [3.8, 4) is 0 Å². The molecule has 4 nitrogen and oxygen atoms in total. The third-order valence-electron chi connectivity index (χ3n) is 3.99. The molecule has 19 heavy (non-hydrogen) atoms. The number of nitrogens with zero attached hydrogens (tertiary/aromatic N) is 1. The zero-order chi connectivity index (χ0) is 14.5. The molecular weight excluding hydrogens is 262 g/mol. The quantitative estimate of drug-likeness (QED) is 0.811. The van der Waals surface area contributed by atoms with Crippen molar-refractivity contribution in [3.05, 3.63) is 0 Å². The van der Waals surface area contributed by atoms with Crippen molar-refractivity contribution >= 4 is 9.84 Å². The number of hydrogen-bond acceptors (Lipinski definition) is 4. The van der Waals surface area contributed by atoms with Gasteiger partial charge in [-0.3, -0.25) is 4.90 Å². The minimum atomic E-state index is -2.97. The average Bonchev–Trinajstić information content (AvgIpc) is 2.51. The molecule has 1 heterocycles. The van der Waals surface area contributed by atoms with Gasteiger partial charge in [0.05, 0.1) is 17.1 Å². The summed E-state index contributed by atoms with van der Waals surface area (Å²) in [4.78, 5) is 2.28. The maximum Gasteiger partial charge on any atom is 0.153 e. The van der Waals surface area contributed by atoms with Crippen molar-refractivity contribution in [2.75, 3.05) is 18.8 Å². The van der Waals surface area contributed by atoms with Gasteiger partial charge in [-0.25, -0.2) is 8.42 Å². The van der Waals surface area contributed by atoms with Crippen LogP contribution in [0.3, 0.4) is 0 Å². The Morgan fingerprint density at radius 1 is 1.21 bits per heavy atom. The minimum absolute atomic E-state index is 0.237. The van der Waals surface area contributed by atoms with Crippen LogP contribution in [0.4, 0.5) is 0 Å². The van der Waals surface area contributed by atoms with E-state index in [9.17, 15) is 13.5 Å². The molecule has 0 aromatic carbocycles. The van der Waals surface area contributed by atoms with Gasteiger partial charge in [0.25, 0.3) is 0 Å². The Kier molecular flexibility index (Phi) is 6.77. The molecule has 0 bridgehead atoms. The van der Waals surface area contributed by atoms with E-state index in [1.807, 2.05) is 6.92 Å². The highest BCUT2D eigenvalue weighted by atomic mass is 32.2. The molecule has 0 spiro atoms. The average molecular weight is 291 g/mol. The molecule has 0 aromatic rings.